The average Bonchev–Trinajstić information content (AvgIpc) is 2.66. The fourth-order valence-electron chi connectivity index (χ4n) is 1.65. The van der Waals surface area contributed by atoms with Crippen LogP contribution in [0.1, 0.15) is 22.2 Å². The highest BCUT2D eigenvalue weighted by atomic mass is 79.9. The van der Waals surface area contributed by atoms with Crippen molar-refractivity contribution < 1.29 is 8.62 Å². The number of carbonyl (C=O) groups is 1. The molecule has 2 aromatic rings. The van der Waals surface area contributed by atoms with E-state index in [1.165, 1.54) is 11.3 Å². The largest absolute Gasteiger partial charge is 0.379 e. The topological polar surface area (TPSA) is 26.3 Å². The van der Waals surface area contributed by atoms with Crippen molar-refractivity contribution in [2.75, 3.05) is 0 Å². The number of thiophene rings is 1. The Kier molecular flexibility index (Phi) is 3.07. The summed E-state index contributed by atoms with van der Waals surface area (Å²) in [5.41, 5.74) is 1.07. The molecule has 2 nitrogen and oxygen atoms in total. The third-order valence-electron chi connectivity index (χ3n) is 2.31. The van der Waals surface area contributed by atoms with E-state index in [-0.39, 0.29) is 5.97 Å². The first kappa shape index (κ1) is 10.6. The number of fused-ring (bicyclic) bond motifs is 1. The molecule has 2 rings (SSSR count). The predicted molar refractivity (Wildman–Crippen MR) is 65.5 cm³/mol. The number of aryl methyl sites for hydroxylation is 1. The fourth-order valence-corrected chi connectivity index (χ4v) is 3.09. The Labute approximate surface area is 100 Å². The summed E-state index contributed by atoms with van der Waals surface area (Å²) in [6, 6.07) is 8.01. The molecule has 0 N–H and O–H groups in total. The smallest absolute Gasteiger partial charge is 0.360 e. The SMILES string of the molecule is CCc1c(C(=O)OBr)sc2ccccc12. The monoisotopic (exact) mass is 284 g/mol. The summed E-state index contributed by atoms with van der Waals surface area (Å²) < 4.78 is 5.72. The average molecular weight is 285 g/mol. The fraction of sp³-hybridized carbons (Fsp3) is 0.182. The van der Waals surface area contributed by atoms with E-state index >= 15 is 0 Å². The van der Waals surface area contributed by atoms with Crippen molar-refractivity contribution >= 4 is 43.7 Å². The summed E-state index contributed by atoms with van der Waals surface area (Å²) in [5, 5.41) is 1.15. The van der Waals surface area contributed by atoms with Crippen molar-refractivity contribution in [1.82, 2.24) is 0 Å². The van der Waals surface area contributed by atoms with Gasteiger partial charge in [-0.1, -0.05) is 25.1 Å². The molecule has 0 aliphatic rings. The van der Waals surface area contributed by atoms with Crippen LogP contribution in [-0.4, -0.2) is 5.97 Å². The Morgan fingerprint density at radius 1 is 1.47 bits per heavy atom. The molecule has 0 spiro atoms. The van der Waals surface area contributed by atoms with Gasteiger partial charge in [0.2, 0.25) is 0 Å². The highest BCUT2D eigenvalue weighted by Gasteiger charge is 2.17. The Balaban J connectivity index is 2.69. The van der Waals surface area contributed by atoms with E-state index < -0.39 is 0 Å². The molecule has 0 fully saturated rings. The molecular weight excluding hydrogens is 276 g/mol. The molecule has 4 heteroatoms. The van der Waals surface area contributed by atoms with Crippen molar-refractivity contribution in [2.45, 2.75) is 13.3 Å². The second kappa shape index (κ2) is 4.33. The molecule has 0 aliphatic heterocycles. The van der Waals surface area contributed by atoms with Crippen molar-refractivity contribution in [3.63, 3.8) is 0 Å². The molecule has 78 valence electrons. The third kappa shape index (κ3) is 1.79. The molecule has 1 heterocycles. The van der Waals surface area contributed by atoms with E-state index in [0.717, 1.165) is 22.1 Å². The van der Waals surface area contributed by atoms with Crippen LogP contribution in [0.2, 0.25) is 0 Å². The van der Waals surface area contributed by atoms with Gasteiger partial charge in [-0.25, -0.2) is 4.79 Å². The van der Waals surface area contributed by atoms with E-state index in [0.29, 0.717) is 4.88 Å². The second-order valence-corrected chi connectivity index (χ2v) is 4.50. The number of benzene rings is 1. The van der Waals surface area contributed by atoms with Crippen LogP contribution in [-0.2, 0) is 10.2 Å². The van der Waals surface area contributed by atoms with E-state index in [2.05, 4.69) is 20.1 Å². The van der Waals surface area contributed by atoms with Gasteiger partial charge in [0.05, 0.1) is 0 Å². The van der Waals surface area contributed by atoms with Gasteiger partial charge in [-0.2, -0.15) is 0 Å². The zero-order chi connectivity index (χ0) is 10.8. The van der Waals surface area contributed by atoms with Gasteiger partial charge in [-0.05, 0) is 23.4 Å². The van der Waals surface area contributed by atoms with E-state index in [9.17, 15) is 4.79 Å². The van der Waals surface area contributed by atoms with Crippen LogP contribution in [0.3, 0.4) is 0 Å². The molecule has 0 atom stereocenters. The molecule has 0 radical (unpaired) electrons. The second-order valence-electron chi connectivity index (χ2n) is 3.12. The van der Waals surface area contributed by atoms with Gasteiger partial charge >= 0.3 is 5.97 Å². The van der Waals surface area contributed by atoms with Crippen molar-refractivity contribution in [2.24, 2.45) is 0 Å². The summed E-state index contributed by atoms with van der Waals surface area (Å²) in [6.45, 7) is 2.04. The lowest BCUT2D eigenvalue weighted by Gasteiger charge is -1.97. The number of hydrogen-bond acceptors (Lipinski definition) is 3. The van der Waals surface area contributed by atoms with Crippen molar-refractivity contribution in [3.05, 3.63) is 34.7 Å². The molecule has 0 bridgehead atoms. The first-order valence-electron chi connectivity index (χ1n) is 4.61. The van der Waals surface area contributed by atoms with Gasteiger partial charge in [0.25, 0.3) is 0 Å². The normalized spacial score (nSPS) is 10.5. The Hall–Kier alpha value is -0.870. The predicted octanol–water partition coefficient (Wildman–Crippen LogP) is 3.93. The van der Waals surface area contributed by atoms with Crippen LogP contribution in [0.4, 0.5) is 0 Å². The molecule has 15 heavy (non-hydrogen) atoms. The van der Waals surface area contributed by atoms with Gasteiger partial charge in [0, 0.05) is 4.70 Å². The minimum atomic E-state index is -0.312. The van der Waals surface area contributed by atoms with E-state index in [1.54, 1.807) is 0 Å². The number of halogens is 1. The number of rotatable bonds is 2. The zero-order valence-electron chi connectivity index (χ0n) is 8.12. The molecule has 0 saturated heterocycles. The Bertz CT molecular complexity index is 504. The standard InChI is InChI=1S/C11H9BrO2S/c1-2-7-8-5-3-4-6-9(8)15-10(7)11(13)14-12/h3-6H,2H2,1H3. The first-order valence-corrected chi connectivity index (χ1v) is 6.07. The number of hydrogen-bond donors (Lipinski definition) is 0. The van der Waals surface area contributed by atoms with E-state index in [1.807, 2.05) is 31.2 Å². The van der Waals surface area contributed by atoms with Crippen molar-refractivity contribution in [1.29, 1.82) is 0 Å². The van der Waals surface area contributed by atoms with Gasteiger partial charge in [-0.15, -0.1) is 11.3 Å². The summed E-state index contributed by atoms with van der Waals surface area (Å²) in [5.74, 6) is -0.312. The molecule has 1 aromatic carbocycles. The van der Waals surface area contributed by atoms with Crippen LogP contribution in [0.15, 0.2) is 24.3 Å². The molecule has 0 aliphatic carbocycles. The summed E-state index contributed by atoms with van der Waals surface area (Å²) >= 11 is 4.21. The molecular formula is C11H9BrO2S. The number of carbonyl (C=O) groups excluding carboxylic acids is 1. The maximum atomic E-state index is 11.5. The molecule has 0 saturated carbocycles. The van der Waals surface area contributed by atoms with Crippen LogP contribution in [0.5, 0.6) is 0 Å². The van der Waals surface area contributed by atoms with Crippen LogP contribution in [0.25, 0.3) is 10.1 Å². The van der Waals surface area contributed by atoms with Gasteiger partial charge in [0.1, 0.15) is 4.88 Å². The maximum absolute atomic E-state index is 11.5. The van der Waals surface area contributed by atoms with Crippen molar-refractivity contribution in [3.8, 4) is 0 Å². The molecule has 1 aromatic heterocycles. The molecule has 0 amide bonds. The van der Waals surface area contributed by atoms with Gasteiger partial charge in [-0.3, -0.25) is 0 Å². The first-order chi connectivity index (χ1) is 7.27. The quantitative estimate of drug-likeness (QED) is 0.835. The summed E-state index contributed by atoms with van der Waals surface area (Å²) in [7, 11) is 0. The Morgan fingerprint density at radius 2 is 2.20 bits per heavy atom. The van der Waals surface area contributed by atoms with Gasteiger partial charge in [0.15, 0.2) is 16.3 Å². The maximum Gasteiger partial charge on any atom is 0.360 e. The Morgan fingerprint density at radius 3 is 2.87 bits per heavy atom. The lowest BCUT2D eigenvalue weighted by molar-refractivity contribution is 0.0786. The zero-order valence-corrected chi connectivity index (χ0v) is 10.5. The third-order valence-corrected chi connectivity index (χ3v) is 3.79. The lowest BCUT2D eigenvalue weighted by atomic mass is 10.1. The van der Waals surface area contributed by atoms with Crippen LogP contribution < -0.4 is 0 Å². The summed E-state index contributed by atoms with van der Waals surface area (Å²) in [4.78, 5) is 12.2. The minimum Gasteiger partial charge on any atom is -0.379 e. The summed E-state index contributed by atoms with van der Waals surface area (Å²) in [6.07, 6.45) is 0.835. The van der Waals surface area contributed by atoms with Crippen LogP contribution in [0, 0.1) is 0 Å². The lowest BCUT2D eigenvalue weighted by Crippen LogP contribution is -1.97. The van der Waals surface area contributed by atoms with Gasteiger partial charge < -0.3 is 3.83 Å². The highest BCUT2D eigenvalue weighted by molar-refractivity contribution is 9.06. The minimum absolute atomic E-state index is 0.312. The van der Waals surface area contributed by atoms with Crippen LogP contribution >= 0.6 is 27.6 Å². The molecule has 0 unspecified atom stereocenters. The highest BCUT2D eigenvalue weighted by Crippen LogP contribution is 2.32. The van der Waals surface area contributed by atoms with E-state index in [4.69, 9.17) is 0 Å².